The highest BCUT2D eigenvalue weighted by atomic mass is 16.5. The fourth-order valence-corrected chi connectivity index (χ4v) is 4.60. The molecule has 0 aliphatic heterocycles. The fourth-order valence-electron chi connectivity index (χ4n) is 4.60. The molecule has 1 N–H and O–H groups in total. The van der Waals surface area contributed by atoms with Gasteiger partial charge in [0.05, 0.1) is 19.8 Å². The predicted octanol–water partition coefficient (Wildman–Crippen LogP) is 8.98. The predicted molar refractivity (Wildman–Crippen MR) is 168 cm³/mol. The van der Waals surface area contributed by atoms with Gasteiger partial charge in [0.2, 0.25) is 0 Å². The van der Waals surface area contributed by atoms with E-state index in [1.165, 1.54) is 33.4 Å². The van der Waals surface area contributed by atoms with Gasteiger partial charge in [0.25, 0.3) is 0 Å². The SMILES string of the molecule is OCc1ccccc1-c1cccnc1.c1ccc(-c2ccc(COCc3ccc(-c4ccccc4)cc3)cc2)cc1. The molecule has 3 nitrogen and oxygen atoms in total. The van der Waals surface area contributed by atoms with E-state index in [0.717, 1.165) is 16.7 Å². The Bertz CT molecular complexity index is 1520. The van der Waals surface area contributed by atoms with Crippen molar-refractivity contribution in [2.45, 2.75) is 19.8 Å². The first kappa shape index (κ1) is 27.7. The molecule has 6 aromatic rings. The molecule has 0 saturated heterocycles. The van der Waals surface area contributed by atoms with Gasteiger partial charge < -0.3 is 9.84 Å². The minimum atomic E-state index is 0.0606. The molecule has 0 saturated carbocycles. The van der Waals surface area contributed by atoms with Crippen molar-refractivity contribution in [3.63, 3.8) is 0 Å². The lowest BCUT2D eigenvalue weighted by molar-refractivity contribution is 0.107. The highest BCUT2D eigenvalue weighted by Gasteiger charge is 2.03. The molecule has 0 spiro atoms. The summed E-state index contributed by atoms with van der Waals surface area (Å²) in [6, 6.07) is 49.7. The van der Waals surface area contributed by atoms with Gasteiger partial charge in [-0.1, -0.05) is 140 Å². The summed E-state index contributed by atoms with van der Waals surface area (Å²) in [4.78, 5) is 4.05. The second kappa shape index (κ2) is 14.5. The zero-order valence-corrected chi connectivity index (χ0v) is 22.9. The van der Waals surface area contributed by atoms with Crippen molar-refractivity contribution < 1.29 is 9.84 Å². The van der Waals surface area contributed by atoms with Gasteiger partial charge in [0, 0.05) is 18.0 Å². The molecule has 1 aromatic heterocycles. The summed E-state index contributed by atoms with van der Waals surface area (Å²) in [6.07, 6.45) is 3.54. The van der Waals surface area contributed by atoms with E-state index in [9.17, 15) is 0 Å². The molecule has 0 bridgehead atoms. The van der Waals surface area contributed by atoms with Gasteiger partial charge in [0.1, 0.15) is 0 Å². The second-order valence-electron chi connectivity index (χ2n) is 9.68. The minimum Gasteiger partial charge on any atom is -0.392 e. The Morgan fingerprint density at radius 3 is 1.41 bits per heavy atom. The van der Waals surface area contributed by atoms with Crippen LogP contribution in [0.1, 0.15) is 16.7 Å². The quantitative estimate of drug-likeness (QED) is 0.211. The number of rotatable bonds is 8. The molecule has 41 heavy (non-hydrogen) atoms. The Morgan fingerprint density at radius 1 is 0.463 bits per heavy atom. The van der Waals surface area contributed by atoms with Crippen molar-refractivity contribution in [3.05, 3.63) is 175 Å². The van der Waals surface area contributed by atoms with Crippen LogP contribution in [0.3, 0.4) is 0 Å². The van der Waals surface area contributed by atoms with Gasteiger partial charge in [-0.15, -0.1) is 0 Å². The van der Waals surface area contributed by atoms with Gasteiger partial charge in [-0.05, 0) is 50.6 Å². The van der Waals surface area contributed by atoms with Crippen LogP contribution in [0.4, 0.5) is 0 Å². The topological polar surface area (TPSA) is 42.4 Å². The first-order valence-electron chi connectivity index (χ1n) is 13.8. The zero-order chi connectivity index (χ0) is 28.1. The third-order valence-corrected chi connectivity index (χ3v) is 6.82. The van der Waals surface area contributed by atoms with E-state index < -0.39 is 0 Å². The lowest BCUT2D eigenvalue weighted by Gasteiger charge is -2.07. The molecule has 0 fully saturated rings. The molecule has 1 heterocycles. The smallest absolute Gasteiger partial charge is 0.0721 e. The second-order valence-corrected chi connectivity index (χ2v) is 9.68. The summed E-state index contributed by atoms with van der Waals surface area (Å²) in [5.74, 6) is 0. The van der Waals surface area contributed by atoms with Crippen LogP contribution in [0.5, 0.6) is 0 Å². The van der Waals surface area contributed by atoms with Crippen LogP contribution in [-0.4, -0.2) is 10.1 Å². The molecule has 0 radical (unpaired) electrons. The van der Waals surface area contributed by atoms with Crippen molar-refractivity contribution in [3.8, 4) is 33.4 Å². The number of benzene rings is 5. The van der Waals surface area contributed by atoms with Crippen LogP contribution in [0.15, 0.2) is 158 Å². The number of hydrogen-bond donors (Lipinski definition) is 1. The fraction of sp³-hybridized carbons (Fsp3) is 0.0789. The van der Waals surface area contributed by atoms with Gasteiger partial charge >= 0.3 is 0 Å². The van der Waals surface area contributed by atoms with Gasteiger partial charge in [0.15, 0.2) is 0 Å². The van der Waals surface area contributed by atoms with Crippen LogP contribution in [-0.2, 0) is 24.6 Å². The molecular weight excluding hydrogens is 502 g/mol. The summed E-state index contributed by atoms with van der Waals surface area (Å²) >= 11 is 0. The molecule has 0 unspecified atom stereocenters. The number of hydrogen-bond acceptors (Lipinski definition) is 3. The van der Waals surface area contributed by atoms with Crippen LogP contribution < -0.4 is 0 Å². The maximum Gasteiger partial charge on any atom is 0.0721 e. The van der Waals surface area contributed by atoms with E-state index in [2.05, 4.69) is 102 Å². The molecule has 0 aliphatic carbocycles. The van der Waals surface area contributed by atoms with E-state index in [1.54, 1.807) is 12.4 Å². The van der Waals surface area contributed by atoms with Crippen molar-refractivity contribution in [1.29, 1.82) is 0 Å². The Balaban J connectivity index is 0.000000202. The van der Waals surface area contributed by atoms with Crippen LogP contribution in [0.2, 0.25) is 0 Å². The largest absolute Gasteiger partial charge is 0.392 e. The van der Waals surface area contributed by atoms with E-state index in [4.69, 9.17) is 9.84 Å². The zero-order valence-electron chi connectivity index (χ0n) is 22.9. The standard InChI is InChI=1S/C26H22O.C12H11NO/c1-3-7-23(8-4-1)25-15-11-21(12-16-25)19-27-20-22-13-17-26(18-14-22)24-9-5-2-6-10-24;14-9-11-4-1-2-6-12(11)10-5-3-7-13-8-10/h1-18H,19-20H2;1-8,14H,9H2. The maximum absolute atomic E-state index is 9.16. The number of ether oxygens (including phenoxy) is 1. The molecule has 0 atom stereocenters. The number of nitrogens with zero attached hydrogens (tertiary/aromatic N) is 1. The minimum absolute atomic E-state index is 0.0606. The molecule has 0 amide bonds. The number of pyridine rings is 1. The lowest BCUT2D eigenvalue weighted by atomic mass is 10.0. The summed E-state index contributed by atoms with van der Waals surface area (Å²) < 4.78 is 5.90. The van der Waals surface area contributed by atoms with Crippen LogP contribution >= 0.6 is 0 Å². The lowest BCUT2D eigenvalue weighted by Crippen LogP contribution is -1.94. The monoisotopic (exact) mass is 535 g/mol. The first-order valence-corrected chi connectivity index (χ1v) is 13.8. The van der Waals surface area contributed by atoms with E-state index in [-0.39, 0.29) is 6.61 Å². The van der Waals surface area contributed by atoms with E-state index >= 15 is 0 Å². The number of aliphatic hydroxyl groups excluding tert-OH is 1. The Labute approximate surface area is 242 Å². The Morgan fingerprint density at radius 2 is 0.927 bits per heavy atom. The number of aliphatic hydroxyl groups is 1. The van der Waals surface area contributed by atoms with Crippen molar-refractivity contribution >= 4 is 0 Å². The highest BCUT2D eigenvalue weighted by molar-refractivity contribution is 5.66. The summed E-state index contributed by atoms with van der Waals surface area (Å²) in [6.45, 7) is 1.30. The van der Waals surface area contributed by atoms with Crippen molar-refractivity contribution in [2.75, 3.05) is 0 Å². The molecular formula is C38H33NO2. The Kier molecular flexibility index (Phi) is 9.82. The third-order valence-electron chi connectivity index (χ3n) is 6.82. The van der Waals surface area contributed by atoms with E-state index in [0.29, 0.717) is 13.2 Å². The summed E-state index contributed by atoms with van der Waals surface area (Å²) in [7, 11) is 0. The van der Waals surface area contributed by atoms with Gasteiger partial charge in [-0.2, -0.15) is 0 Å². The molecule has 5 aromatic carbocycles. The Hall–Kier alpha value is -4.83. The summed E-state index contributed by atoms with van der Waals surface area (Å²) in [5, 5.41) is 9.16. The maximum atomic E-state index is 9.16. The molecule has 0 aliphatic rings. The van der Waals surface area contributed by atoms with E-state index in [1.807, 2.05) is 48.5 Å². The average molecular weight is 536 g/mol. The normalized spacial score (nSPS) is 10.5. The first-order chi connectivity index (χ1) is 20.3. The van der Waals surface area contributed by atoms with Crippen LogP contribution in [0.25, 0.3) is 33.4 Å². The van der Waals surface area contributed by atoms with Gasteiger partial charge in [-0.3, -0.25) is 4.98 Å². The highest BCUT2D eigenvalue weighted by Crippen LogP contribution is 2.23. The molecule has 202 valence electrons. The van der Waals surface area contributed by atoms with Crippen LogP contribution in [0, 0.1) is 0 Å². The van der Waals surface area contributed by atoms with Gasteiger partial charge in [-0.25, -0.2) is 0 Å². The third kappa shape index (κ3) is 7.86. The molecule has 3 heteroatoms. The molecule has 6 rings (SSSR count). The van der Waals surface area contributed by atoms with Crippen molar-refractivity contribution in [2.24, 2.45) is 0 Å². The van der Waals surface area contributed by atoms with Crippen molar-refractivity contribution in [1.82, 2.24) is 4.98 Å². The number of aromatic nitrogens is 1. The summed E-state index contributed by atoms with van der Waals surface area (Å²) in [5.41, 5.74) is 10.3. The average Bonchev–Trinajstić information content (AvgIpc) is 3.07.